The van der Waals surface area contributed by atoms with Gasteiger partial charge in [0, 0.05) is 18.2 Å². The lowest BCUT2D eigenvalue weighted by Gasteiger charge is -2.19. The third-order valence-corrected chi connectivity index (χ3v) is 6.11. The van der Waals surface area contributed by atoms with E-state index in [-0.39, 0.29) is 11.9 Å². The summed E-state index contributed by atoms with van der Waals surface area (Å²) in [5.74, 6) is 1.36. The van der Waals surface area contributed by atoms with Crippen LogP contribution in [0.25, 0.3) is 10.2 Å². The van der Waals surface area contributed by atoms with Crippen molar-refractivity contribution >= 4 is 33.1 Å². The van der Waals surface area contributed by atoms with Crippen LogP contribution in [0.2, 0.25) is 0 Å². The molecule has 3 aromatic rings. The van der Waals surface area contributed by atoms with E-state index in [1.54, 1.807) is 11.3 Å². The van der Waals surface area contributed by atoms with E-state index >= 15 is 0 Å². The van der Waals surface area contributed by atoms with Gasteiger partial charge in [-0.1, -0.05) is 12.1 Å². The first-order valence-electron chi connectivity index (χ1n) is 9.47. The molecule has 2 heterocycles. The van der Waals surface area contributed by atoms with Crippen molar-refractivity contribution in [2.75, 3.05) is 32.1 Å². The Balaban J connectivity index is 1.39. The van der Waals surface area contributed by atoms with E-state index in [1.807, 2.05) is 43.4 Å². The van der Waals surface area contributed by atoms with Crippen LogP contribution in [0.15, 0.2) is 42.5 Å². The zero-order chi connectivity index (χ0) is 19.5. The maximum atomic E-state index is 12.5. The lowest BCUT2D eigenvalue weighted by Crippen LogP contribution is -3.10. The predicted octanol–water partition coefficient (Wildman–Crippen LogP) is 2.67. The third kappa shape index (κ3) is 4.10. The van der Waals surface area contributed by atoms with Crippen LogP contribution in [0, 0.1) is 0 Å². The molecule has 0 saturated carbocycles. The number of para-hydroxylation sites is 1. The van der Waals surface area contributed by atoms with Crippen molar-refractivity contribution in [3.8, 4) is 11.5 Å². The second-order valence-electron chi connectivity index (χ2n) is 7.02. The Labute approximate surface area is 168 Å². The molecule has 6 nitrogen and oxygen atoms in total. The molecule has 1 unspecified atom stereocenters. The zero-order valence-corrected chi connectivity index (χ0v) is 16.8. The molecule has 1 aromatic heterocycles. The molecule has 0 radical (unpaired) electrons. The number of nitrogens with one attached hydrogen (secondary N) is 2. The summed E-state index contributed by atoms with van der Waals surface area (Å²) in [7, 11) is 2.02. The minimum Gasteiger partial charge on any atom is -0.490 e. The first kappa shape index (κ1) is 18.7. The van der Waals surface area contributed by atoms with Gasteiger partial charge in [0.15, 0.2) is 23.1 Å². The molecule has 0 spiro atoms. The number of aromatic nitrogens is 1. The summed E-state index contributed by atoms with van der Waals surface area (Å²) in [6.45, 7) is 3.73. The van der Waals surface area contributed by atoms with Crippen molar-refractivity contribution in [1.29, 1.82) is 0 Å². The van der Waals surface area contributed by atoms with Crippen LogP contribution in [0.3, 0.4) is 0 Å². The standard InChI is InChI=1S/C21H23N3O3S/c1-14(21-23-16-6-3-4-7-19(16)28-21)24(2)13-20(25)22-15-8-9-17-18(12-15)27-11-5-10-26-17/h3-4,6-9,12,14H,5,10-11,13H2,1-2H3,(H,22,25)/p+1/t14-/m1/s1. The number of carbonyl (C=O) groups is 1. The van der Waals surface area contributed by atoms with E-state index in [1.165, 1.54) is 4.70 Å². The Morgan fingerprint density at radius 1 is 1.21 bits per heavy atom. The maximum absolute atomic E-state index is 12.5. The Hall–Kier alpha value is -2.64. The molecule has 2 aromatic carbocycles. The van der Waals surface area contributed by atoms with Gasteiger partial charge >= 0.3 is 0 Å². The number of amides is 1. The molecule has 2 N–H and O–H groups in total. The molecule has 7 heteroatoms. The number of benzene rings is 2. The monoisotopic (exact) mass is 398 g/mol. The Kier molecular flexibility index (Phi) is 5.45. The Bertz CT molecular complexity index is 955. The van der Waals surface area contributed by atoms with Crippen molar-refractivity contribution in [3.05, 3.63) is 47.5 Å². The highest BCUT2D eigenvalue weighted by molar-refractivity contribution is 7.18. The van der Waals surface area contributed by atoms with Gasteiger partial charge in [-0.25, -0.2) is 4.98 Å². The van der Waals surface area contributed by atoms with E-state index in [0.29, 0.717) is 25.5 Å². The van der Waals surface area contributed by atoms with Crippen LogP contribution < -0.4 is 19.7 Å². The number of quaternary nitrogens is 1. The number of fused-ring (bicyclic) bond motifs is 2. The summed E-state index contributed by atoms with van der Waals surface area (Å²) in [6.07, 6.45) is 0.855. The fourth-order valence-corrected chi connectivity index (χ4v) is 4.25. The van der Waals surface area contributed by atoms with Gasteiger partial charge in [-0.15, -0.1) is 11.3 Å². The van der Waals surface area contributed by atoms with Gasteiger partial charge in [0.05, 0.1) is 30.5 Å². The van der Waals surface area contributed by atoms with Crippen molar-refractivity contribution < 1.29 is 19.2 Å². The Morgan fingerprint density at radius 2 is 2.00 bits per heavy atom. The van der Waals surface area contributed by atoms with Crippen LogP contribution >= 0.6 is 11.3 Å². The van der Waals surface area contributed by atoms with E-state index in [2.05, 4.69) is 18.3 Å². The molecule has 4 rings (SSSR count). The van der Waals surface area contributed by atoms with E-state index < -0.39 is 0 Å². The first-order valence-corrected chi connectivity index (χ1v) is 10.3. The number of anilines is 1. The van der Waals surface area contributed by atoms with E-state index in [0.717, 1.165) is 33.3 Å². The summed E-state index contributed by atoms with van der Waals surface area (Å²) in [5, 5.41) is 4.01. The zero-order valence-electron chi connectivity index (χ0n) is 16.0. The van der Waals surface area contributed by atoms with Gasteiger partial charge < -0.3 is 19.7 Å². The van der Waals surface area contributed by atoms with Crippen LogP contribution in [0.1, 0.15) is 24.4 Å². The third-order valence-electron chi connectivity index (χ3n) is 4.89. The topological polar surface area (TPSA) is 64.9 Å². The highest BCUT2D eigenvalue weighted by Gasteiger charge is 2.22. The number of likely N-dealkylation sites (N-methyl/N-ethyl adjacent to an activating group) is 1. The number of ether oxygens (including phenoxy) is 2. The van der Waals surface area contributed by atoms with Crippen molar-refractivity contribution in [2.45, 2.75) is 19.4 Å². The van der Waals surface area contributed by atoms with E-state index in [9.17, 15) is 4.79 Å². The van der Waals surface area contributed by atoms with E-state index in [4.69, 9.17) is 14.5 Å². The average Bonchev–Trinajstić information content (AvgIpc) is 2.98. The SMILES string of the molecule is C[C@H](c1nc2ccccc2s1)[NH+](C)CC(=O)Nc1ccc2c(c1)OCCCO2. The summed E-state index contributed by atoms with van der Waals surface area (Å²) in [6, 6.07) is 13.8. The predicted molar refractivity (Wildman–Crippen MR) is 110 cm³/mol. The number of rotatable bonds is 5. The number of nitrogens with zero attached hydrogens (tertiary/aromatic N) is 1. The number of thiazole rings is 1. The number of hydrogen-bond donors (Lipinski definition) is 2. The van der Waals surface area contributed by atoms with Crippen molar-refractivity contribution in [3.63, 3.8) is 0 Å². The highest BCUT2D eigenvalue weighted by Crippen LogP contribution is 2.32. The quantitative estimate of drug-likeness (QED) is 0.694. The van der Waals surface area contributed by atoms with Gasteiger partial charge in [0.1, 0.15) is 6.04 Å². The second-order valence-corrected chi connectivity index (χ2v) is 8.09. The molecule has 28 heavy (non-hydrogen) atoms. The van der Waals surface area contributed by atoms with Crippen LogP contribution in [-0.2, 0) is 4.79 Å². The van der Waals surface area contributed by atoms with Crippen molar-refractivity contribution in [2.24, 2.45) is 0 Å². The van der Waals surface area contributed by atoms with Gasteiger partial charge in [-0.2, -0.15) is 0 Å². The lowest BCUT2D eigenvalue weighted by atomic mass is 10.2. The molecule has 1 aliphatic heterocycles. The summed E-state index contributed by atoms with van der Waals surface area (Å²) in [5.41, 5.74) is 1.73. The molecule has 146 valence electrons. The number of hydrogen-bond acceptors (Lipinski definition) is 5. The molecule has 0 saturated heterocycles. The minimum absolute atomic E-state index is 0.0417. The lowest BCUT2D eigenvalue weighted by molar-refractivity contribution is -0.902. The smallest absolute Gasteiger partial charge is 0.279 e. The van der Waals surface area contributed by atoms with Crippen molar-refractivity contribution in [1.82, 2.24) is 4.98 Å². The fourth-order valence-electron chi connectivity index (χ4n) is 3.14. The normalized spacial score (nSPS) is 15.6. The summed E-state index contributed by atoms with van der Waals surface area (Å²) < 4.78 is 12.5. The average molecular weight is 399 g/mol. The van der Waals surface area contributed by atoms with Crippen LogP contribution in [0.4, 0.5) is 5.69 Å². The maximum Gasteiger partial charge on any atom is 0.279 e. The largest absolute Gasteiger partial charge is 0.490 e. The molecular weight excluding hydrogens is 374 g/mol. The van der Waals surface area contributed by atoms with Gasteiger partial charge in [0.25, 0.3) is 5.91 Å². The molecule has 0 bridgehead atoms. The van der Waals surface area contributed by atoms with Gasteiger partial charge in [-0.3, -0.25) is 4.79 Å². The molecule has 2 atom stereocenters. The fraction of sp³-hybridized carbons (Fsp3) is 0.333. The van der Waals surface area contributed by atoms with Crippen LogP contribution in [-0.4, -0.2) is 37.7 Å². The van der Waals surface area contributed by atoms with Gasteiger partial charge in [-0.05, 0) is 31.2 Å². The Morgan fingerprint density at radius 3 is 2.82 bits per heavy atom. The molecule has 1 amide bonds. The molecule has 0 fully saturated rings. The molecular formula is C21H24N3O3S+. The molecule has 0 aliphatic carbocycles. The van der Waals surface area contributed by atoms with Gasteiger partial charge in [0.2, 0.25) is 0 Å². The minimum atomic E-state index is -0.0417. The summed E-state index contributed by atoms with van der Waals surface area (Å²) in [4.78, 5) is 18.4. The highest BCUT2D eigenvalue weighted by atomic mass is 32.1. The first-order chi connectivity index (χ1) is 13.6. The second kappa shape index (κ2) is 8.16. The summed E-state index contributed by atoms with van der Waals surface area (Å²) >= 11 is 1.69. The van der Waals surface area contributed by atoms with Crippen LogP contribution in [0.5, 0.6) is 11.5 Å². The molecule has 1 aliphatic rings. The number of carbonyl (C=O) groups excluding carboxylic acids is 1.